The molecule has 0 spiro atoms. The molecule has 2 rings (SSSR count). The van der Waals surface area contributed by atoms with Crippen LogP contribution in [0.1, 0.15) is 91.4 Å². The van der Waals surface area contributed by atoms with Gasteiger partial charge < -0.3 is 40.1 Å². The summed E-state index contributed by atoms with van der Waals surface area (Å²) in [5, 5.41) is 42.3. The number of ether oxygens (including phenoxy) is 2. The maximum Gasteiger partial charge on any atom is 0.222 e. The summed E-state index contributed by atoms with van der Waals surface area (Å²) < 4.78 is 11.4. The monoisotopic (exact) mass is 544 g/mol. The van der Waals surface area contributed by atoms with E-state index in [1.54, 1.807) is 4.90 Å². The van der Waals surface area contributed by atoms with E-state index in [0.717, 1.165) is 51.4 Å². The minimum Gasteiger partial charge on any atom is -0.394 e. The zero-order chi connectivity index (χ0) is 28.1. The fourth-order valence-corrected chi connectivity index (χ4v) is 5.34. The van der Waals surface area contributed by atoms with Gasteiger partial charge in [0.1, 0.15) is 12.2 Å². The van der Waals surface area contributed by atoms with Crippen molar-refractivity contribution in [2.45, 2.75) is 134 Å². The van der Waals surface area contributed by atoms with Crippen LogP contribution < -0.4 is 5.32 Å². The van der Waals surface area contributed by atoms with E-state index in [0.29, 0.717) is 39.0 Å². The molecule has 2 saturated heterocycles. The van der Waals surface area contributed by atoms with Crippen molar-refractivity contribution in [3.8, 4) is 0 Å². The molecular formula is C28H52N2O8. The van der Waals surface area contributed by atoms with E-state index in [-0.39, 0.29) is 42.6 Å². The van der Waals surface area contributed by atoms with E-state index in [4.69, 9.17) is 9.47 Å². The average molecular weight is 545 g/mol. The average Bonchev–Trinajstić information content (AvgIpc) is 3.27. The molecule has 10 heteroatoms. The summed E-state index contributed by atoms with van der Waals surface area (Å²) in [7, 11) is 0. The Kier molecular flexibility index (Phi) is 15.1. The summed E-state index contributed by atoms with van der Waals surface area (Å²) in [5.74, 6) is -0.0762. The normalized spacial score (nSPS) is 29.7. The van der Waals surface area contributed by atoms with Crippen molar-refractivity contribution >= 4 is 11.8 Å². The zero-order valence-corrected chi connectivity index (χ0v) is 23.6. The number of likely N-dealkylation sites (tertiary alicyclic amines) is 1. The molecule has 0 saturated carbocycles. The van der Waals surface area contributed by atoms with Crippen molar-refractivity contribution in [3.05, 3.63) is 0 Å². The molecule has 0 aliphatic carbocycles. The summed E-state index contributed by atoms with van der Waals surface area (Å²) in [6.45, 7) is 6.91. The fourth-order valence-electron chi connectivity index (χ4n) is 5.34. The number of amides is 2. The highest BCUT2D eigenvalue weighted by molar-refractivity contribution is 5.77. The lowest BCUT2D eigenvalue weighted by molar-refractivity contribution is -0.206. The number of nitrogens with zero attached hydrogens (tertiary/aromatic N) is 1. The Morgan fingerprint density at radius 2 is 1.66 bits per heavy atom. The first-order chi connectivity index (χ1) is 18.1. The Balaban J connectivity index is 1.47. The highest BCUT2D eigenvalue weighted by Gasteiger charge is 2.41. The Morgan fingerprint density at radius 3 is 2.37 bits per heavy atom. The molecule has 0 aromatic rings. The molecule has 2 aliphatic heterocycles. The van der Waals surface area contributed by atoms with Gasteiger partial charge >= 0.3 is 0 Å². The van der Waals surface area contributed by atoms with Gasteiger partial charge in [0.15, 0.2) is 0 Å². The van der Waals surface area contributed by atoms with Crippen LogP contribution in [0.5, 0.6) is 0 Å². The second-order valence-corrected chi connectivity index (χ2v) is 11.3. The van der Waals surface area contributed by atoms with E-state index in [1.807, 2.05) is 20.8 Å². The molecule has 7 atom stereocenters. The predicted octanol–water partition coefficient (Wildman–Crippen LogP) is 1.51. The fraction of sp³-hybridized carbons (Fsp3) is 0.929. The third-order valence-electron chi connectivity index (χ3n) is 7.75. The van der Waals surface area contributed by atoms with Crippen LogP contribution in [0, 0.1) is 5.92 Å². The molecule has 2 fully saturated rings. The molecule has 0 aromatic carbocycles. The molecule has 2 amide bonds. The zero-order valence-electron chi connectivity index (χ0n) is 23.6. The van der Waals surface area contributed by atoms with E-state index in [9.17, 15) is 30.0 Å². The highest BCUT2D eigenvalue weighted by Crippen LogP contribution is 2.29. The quantitative estimate of drug-likeness (QED) is 0.173. The van der Waals surface area contributed by atoms with Crippen LogP contribution in [0.4, 0.5) is 0 Å². The standard InChI is InChI=1S/C28H52N2O8/c1-19(2)37-18-21-15-22(32)16-30(21)26(34)13-9-6-10-14-29-25(33)12-8-5-4-7-11-23-20(3)27(35)28(36)24(17-31)38-23/h19-24,27-28,31-32,35-36H,4-18H2,1-3H3,(H,29,33)/t20?,21-,22+,23-,24?,27+,28-/m0/s1. The molecule has 2 aliphatic rings. The summed E-state index contributed by atoms with van der Waals surface area (Å²) in [4.78, 5) is 26.4. The van der Waals surface area contributed by atoms with Crippen molar-refractivity contribution in [1.29, 1.82) is 0 Å². The minimum atomic E-state index is -1.06. The molecule has 10 nitrogen and oxygen atoms in total. The van der Waals surface area contributed by atoms with Crippen molar-refractivity contribution in [3.63, 3.8) is 0 Å². The third kappa shape index (κ3) is 11.1. The van der Waals surface area contributed by atoms with Gasteiger partial charge in [-0.15, -0.1) is 0 Å². The first-order valence-corrected chi connectivity index (χ1v) is 14.6. The first-order valence-electron chi connectivity index (χ1n) is 14.6. The molecule has 5 N–H and O–H groups in total. The van der Waals surface area contributed by atoms with E-state index in [2.05, 4.69) is 5.32 Å². The topological polar surface area (TPSA) is 149 Å². The van der Waals surface area contributed by atoms with Crippen molar-refractivity contribution < 1.29 is 39.5 Å². The predicted molar refractivity (Wildman–Crippen MR) is 143 cm³/mol. The number of rotatable bonds is 17. The van der Waals surface area contributed by atoms with Gasteiger partial charge in [-0.25, -0.2) is 0 Å². The number of β-amino-alcohol motifs (C(OH)–C–C–N with tert-alkyl or cyclic N) is 1. The molecule has 2 unspecified atom stereocenters. The van der Waals surface area contributed by atoms with E-state index >= 15 is 0 Å². The Hall–Kier alpha value is -1.30. The molecule has 0 aromatic heterocycles. The largest absolute Gasteiger partial charge is 0.394 e. The molecule has 38 heavy (non-hydrogen) atoms. The van der Waals surface area contributed by atoms with Gasteiger partial charge in [0.2, 0.25) is 11.8 Å². The van der Waals surface area contributed by atoms with E-state index in [1.165, 1.54) is 0 Å². The maximum atomic E-state index is 12.6. The van der Waals surface area contributed by atoms with Gasteiger partial charge in [0, 0.05) is 31.8 Å². The summed E-state index contributed by atoms with van der Waals surface area (Å²) in [6.07, 6.45) is 5.05. The molecule has 0 radical (unpaired) electrons. The smallest absolute Gasteiger partial charge is 0.222 e. The summed E-state index contributed by atoms with van der Waals surface area (Å²) in [6, 6.07) is -0.0520. The van der Waals surface area contributed by atoms with Gasteiger partial charge in [0.05, 0.1) is 43.7 Å². The lowest BCUT2D eigenvalue weighted by Crippen LogP contribution is -2.54. The van der Waals surface area contributed by atoms with Gasteiger partial charge in [-0.05, 0) is 46.0 Å². The number of hydrogen-bond acceptors (Lipinski definition) is 8. The van der Waals surface area contributed by atoms with Crippen LogP contribution in [0.3, 0.4) is 0 Å². The number of hydrogen-bond donors (Lipinski definition) is 5. The van der Waals surface area contributed by atoms with Crippen LogP contribution in [0.25, 0.3) is 0 Å². The van der Waals surface area contributed by atoms with Crippen LogP contribution in [-0.2, 0) is 19.1 Å². The number of carbonyl (C=O) groups excluding carboxylic acids is 2. The third-order valence-corrected chi connectivity index (χ3v) is 7.75. The second kappa shape index (κ2) is 17.4. The Morgan fingerprint density at radius 1 is 0.974 bits per heavy atom. The number of aliphatic hydroxyl groups excluding tert-OH is 4. The molecular weight excluding hydrogens is 492 g/mol. The lowest BCUT2D eigenvalue weighted by atomic mass is 9.86. The minimum absolute atomic E-state index is 0.0484. The Bertz CT molecular complexity index is 692. The van der Waals surface area contributed by atoms with Crippen LogP contribution >= 0.6 is 0 Å². The van der Waals surface area contributed by atoms with Crippen molar-refractivity contribution in [2.75, 3.05) is 26.3 Å². The highest BCUT2D eigenvalue weighted by atomic mass is 16.5. The van der Waals surface area contributed by atoms with Crippen LogP contribution in [0.15, 0.2) is 0 Å². The SMILES string of the molecule is CC(C)OC[C@@H]1C[C@@H](O)CN1C(=O)CCCCCNC(=O)CCCCCC[C@@H]1OC(CO)[C@H](O)[C@H](O)C1C. The van der Waals surface area contributed by atoms with Crippen LogP contribution in [0.2, 0.25) is 0 Å². The molecule has 0 bridgehead atoms. The molecule has 2 heterocycles. The van der Waals surface area contributed by atoms with Crippen molar-refractivity contribution in [2.24, 2.45) is 5.92 Å². The molecule has 222 valence electrons. The van der Waals surface area contributed by atoms with Gasteiger partial charge in [-0.1, -0.05) is 32.6 Å². The lowest BCUT2D eigenvalue weighted by Gasteiger charge is -2.41. The number of carbonyl (C=O) groups is 2. The number of aliphatic hydroxyl groups is 4. The first kappa shape index (κ1) is 32.9. The second-order valence-electron chi connectivity index (χ2n) is 11.3. The van der Waals surface area contributed by atoms with E-state index < -0.39 is 24.4 Å². The maximum absolute atomic E-state index is 12.6. The van der Waals surface area contributed by atoms with Gasteiger partial charge in [0.25, 0.3) is 0 Å². The van der Waals surface area contributed by atoms with Gasteiger partial charge in [-0.2, -0.15) is 0 Å². The number of unbranched alkanes of at least 4 members (excludes halogenated alkanes) is 5. The van der Waals surface area contributed by atoms with Crippen LogP contribution in [-0.4, -0.2) is 106 Å². The summed E-state index contributed by atoms with van der Waals surface area (Å²) in [5.41, 5.74) is 0. The Labute approximate surface area is 228 Å². The number of nitrogens with one attached hydrogen (secondary N) is 1. The summed E-state index contributed by atoms with van der Waals surface area (Å²) >= 11 is 0. The van der Waals surface area contributed by atoms with Gasteiger partial charge in [-0.3, -0.25) is 9.59 Å². The van der Waals surface area contributed by atoms with Crippen molar-refractivity contribution in [1.82, 2.24) is 10.2 Å².